The zero-order valence-electron chi connectivity index (χ0n) is 8.33. The Kier molecular flexibility index (Phi) is 6.72. The van der Waals surface area contributed by atoms with Gasteiger partial charge in [0.1, 0.15) is 0 Å². The highest BCUT2D eigenvalue weighted by atomic mass is 35.5. The fourth-order valence-electron chi connectivity index (χ4n) is 1.05. The lowest BCUT2D eigenvalue weighted by Crippen LogP contribution is -2.25. The minimum absolute atomic E-state index is 0.158. The van der Waals surface area contributed by atoms with Crippen LogP contribution in [0.15, 0.2) is 4.99 Å². The molecule has 78 valence electrons. The predicted octanol–water partition coefficient (Wildman–Crippen LogP) is 0.904. The van der Waals surface area contributed by atoms with Crippen LogP contribution in [0.5, 0.6) is 0 Å². The zero-order valence-corrected chi connectivity index (χ0v) is 9.09. The maximum Gasteiger partial charge on any atom is 0.185 e. The monoisotopic (exact) mass is 206 g/mol. The van der Waals surface area contributed by atoms with Crippen LogP contribution in [0.3, 0.4) is 0 Å². The predicted molar refractivity (Wildman–Crippen MR) is 57.6 cm³/mol. The summed E-state index contributed by atoms with van der Waals surface area (Å²) in [6, 6.07) is 0.376. The van der Waals surface area contributed by atoms with E-state index in [0.29, 0.717) is 12.6 Å². The SMILES string of the molecule is CCN(Cl)[C@H](C)CCCN=C(N)N. The van der Waals surface area contributed by atoms with Crippen molar-refractivity contribution in [1.29, 1.82) is 0 Å². The molecule has 0 radical (unpaired) electrons. The molecule has 0 saturated heterocycles. The highest BCUT2D eigenvalue weighted by Gasteiger charge is 2.07. The third-order valence-electron chi connectivity index (χ3n) is 1.85. The van der Waals surface area contributed by atoms with E-state index in [9.17, 15) is 0 Å². The average molecular weight is 207 g/mol. The summed E-state index contributed by atoms with van der Waals surface area (Å²) < 4.78 is 1.79. The number of hydrogen-bond acceptors (Lipinski definition) is 2. The number of nitrogens with zero attached hydrogens (tertiary/aromatic N) is 2. The highest BCUT2D eigenvalue weighted by Crippen LogP contribution is 2.08. The van der Waals surface area contributed by atoms with E-state index in [1.807, 2.05) is 6.92 Å². The highest BCUT2D eigenvalue weighted by molar-refractivity contribution is 6.13. The molecule has 0 aliphatic rings. The van der Waals surface area contributed by atoms with Crippen LogP contribution in [-0.2, 0) is 0 Å². The first-order chi connectivity index (χ1) is 6.07. The van der Waals surface area contributed by atoms with Gasteiger partial charge in [0.05, 0.1) is 0 Å². The van der Waals surface area contributed by atoms with Crippen LogP contribution in [-0.4, -0.2) is 29.5 Å². The quantitative estimate of drug-likeness (QED) is 0.294. The largest absolute Gasteiger partial charge is 0.370 e. The van der Waals surface area contributed by atoms with E-state index in [-0.39, 0.29) is 5.96 Å². The van der Waals surface area contributed by atoms with Crippen molar-refractivity contribution in [1.82, 2.24) is 4.42 Å². The van der Waals surface area contributed by atoms with Crippen molar-refractivity contribution in [2.45, 2.75) is 32.7 Å². The van der Waals surface area contributed by atoms with Gasteiger partial charge in [-0.25, -0.2) is 4.42 Å². The number of aliphatic imine (C=N–C) groups is 1. The summed E-state index contributed by atoms with van der Waals surface area (Å²) in [5, 5.41) is 0. The second kappa shape index (κ2) is 6.97. The summed E-state index contributed by atoms with van der Waals surface area (Å²) in [5.41, 5.74) is 10.4. The first kappa shape index (κ1) is 12.5. The van der Waals surface area contributed by atoms with Gasteiger partial charge in [0.15, 0.2) is 5.96 Å². The molecule has 4 N–H and O–H groups in total. The van der Waals surface area contributed by atoms with Crippen molar-refractivity contribution in [3.63, 3.8) is 0 Å². The molecule has 0 saturated carbocycles. The van der Waals surface area contributed by atoms with Crippen molar-refractivity contribution in [3.8, 4) is 0 Å². The van der Waals surface area contributed by atoms with E-state index >= 15 is 0 Å². The molecule has 13 heavy (non-hydrogen) atoms. The first-order valence-corrected chi connectivity index (χ1v) is 4.89. The molecule has 5 heteroatoms. The van der Waals surface area contributed by atoms with E-state index < -0.39 is 0 Å². The van der Waals surface area contributed by atoms with Gasteiger partial charge >= 0.3 is 0 Å². The molecule has 0 bridgehead atoms. The molecule has 0 aromatic carbocycles. The summed E-state index contributed by atoms with van der Waals surface area (Å²) in [5.74, 6) is 0.158. The van der Waals surface area contributed by atoms with Crippen LogP contribution in [0.1, 0.15) is 26.7 Å². The number of guanidine groups is 1. The van der Waals surface area contributed by atoms with Crippen LogP contribution in [0.4, 0.5) is 0 Å². The lowest BCUT2D eigenvalue weighted by molar-refractivity contribution is 0.352. The zero-order chi connectivity index (χ0) is 10.3. The van der Waals surface area contributed by atoms with Gasteiger partial charge in [-0.1, -0.05) is 6.92 Å². The number of rotatable bonds is 6. The molecule has 0 heterocycles. The molecule has 0 aromatic heterocycles. The van der Waals surface area contributed by atoms with Crippen molar-refractivity contribution in [2.75, 3.05) is 13.1 Å². The molecule has 0 aliphatic heterocycles. The Morgan fingerprint density at radius 3 is 2.62 bits per heavy atom. The number of nitrogens with two attached hydrogens (primary N) is 2. The van der Waals surface area contributed by atoms with Gasteiger partial charge < -0.3 is 11.5 Å². The van der Waals surface area contributed by atoms with Gasteiger partial charge in [-0.3, -0.25) is 4.99 Å². The number of halogens is 1. The van der Waals surface area contributed by atoms with Gasteiger partial charge in [-0.05, 0) is 31.5 Å². The summed E-state index contributed by atoms with van der Waals surface area (Å²) in [6.07, 6.45) is 1.97. The van der Waals surface area contributed by atoms with Gasteiger partial charge in [0.2, 0.25) is 0 Å². The molecule has 0 spiro atoms. The first-order valence-electron chi connectivity index (χ1n) is 4.55. The van der Waals surface area contributed by atoms with E-state index in [2.05, 4.69) is 11.9 Å². The average Bonchev–Trinajstić information content (AvgIpc) is 2.10. The van der Waals surface area contributed by atoms with Crippen molar-refractivity contribution < 1.29 is 0 Å². The molecular weight excluding hydrogens is 188 g/mol. The topological polar surface area (TPSA) is 67.6 Å². The Labute approximate surface area is 85.0 Å². The lowest BCUT2D eigenvalue weighted by Gasteiger charge is -2.19. The molecule has 4 nitrogen and oxygen atoms in total. The maximum absolute atomic E-state index is 5.91. The fourth-order valence-corrected chi connectivity index (χ4v) is 1.14. The van der Waals surface area contributed by atoms with Gasteiger partial charge in [0, 0.05) is 19.1 Å². The Morgan fingerprint density at radius 2 is 2.15 bits per heavy atom. The summed E-state index contributed by atoms with van der Waals surface area (Å²) in [4.78, 5) is 3.89. The molecule has 1 atom stereocenters. The Bertz CT molecular complexity index is 156. The normalized spacial score (nSPS) is 12.9. The van der Waals surface area contributed by atoms with E-state index in [1.165, 1.54) is 0 Å². The third kappa shape index (κ3) is 6.66. The fraction of sp³-hybridized carbons (Fsp3) is 0.875. The van der Waals surface area contributed by atoms with Crippen molar-refractivity contribution in [3.05, 3.63) is 0 Å². The van der Waals surface area contributed by atoms with E-state index in [4.69, 9.17) is 23.2 Å². The van der Waals surface area contributed by atoms with Crippen LogP contribution >= 0.6 is 11.8 Å². The van der Waals surface area contributed by atoms with Crippen LogP contribution in [0, 0.1) is 0 Å². The minimum Gasteiger partial charge on any atom is -0.370 e. The molecule has 0 aliphatic carbocycles. The van der Waals surface area contributed by atoms with Gasteiger partial charge in [-0.2, -0.15) is 0 Å². The molecule has 0 unspecified atom stereocenters. The third-order valence-corrected chi connectivity index (χ3v) is 2.43. The Hall–Kier alpha value is -0.480. The summed E-state index contributed by atoms with van der Waals surface area (Å²) in [7, 11) is 0. The van der Waals surface area contributed by atoms with Crippen LogP contribution in [0.25, 0.3) is 0 Å². The van der Waals surface area contributed by atoms with Crippen molar-refractivity contribution >= 4 is 17.7 Å². The molecule has 0 aromatic rings. The smallest absolute Gasteiger partial charge is 0.185 e. The Morgan fingerprint density at radius 1 is 1.54 bits per heavy atom. The lowest BCUT2D eigenvalue weighted by atomic mass is 10.2. The van der Waals surface area contributed by atoms with Gasteiger partial charge in [0.25, 0.3) is 0 Å². The maximum atomic E-state index is 5.91. The molecule has 0 amide bonds. The van der Waals surface area contributed by atoms with Crippen molar-refractivity contribution in [2.24, 2.45) is 16.5 Å². The molecule has 0 rings (SSSR count). The summed E-state index contributed by atoms with van der Waals surface area (Å²) in [6.45, 7) is 5.65. The second-order valence-electron chi connectivity index (χ2n) is 3.01. The van der Waals surface area contributed by atoms with Crippen LogP contribution < -0.4 is 11.5 Å². The number of hydrogen-bond donors (Lipinski definition) is 2. The van der Waals surface area contributed by atoms with E-state index in [1.54, 1.807) is 4.42 Å². The van der Waals surface area contributed by atoms with E-state index in [0.717, 1.165) is 19.4 Å². The minimum atomic E-state index is 0.158. The van der Waals surface area contributed by atoms with Gasteiger partial charge in [-0.15, -0.1) is 0 Å². The van der Waals surface area contributed by atoms with Crippen LogP contribution in [0.2, 0.25) is 0 Å². The Balaban J connectivity index is 3.47. The molecule has 0 fully saturated rings. The standard InChI is InChI=1S/C8H19ClN4/c1-3-13(9)7(2)5-4-6-12-8(10)11/h7H,3-6H2,1-2H3,(H4,10,11,12)/t7-/m1/s1. The second-order valence-corrected chi connectivity index (χ2v) is 3.45. The molecular formula is C8H19ClN4. The summed E-state index contributed by atoms with van der Waals surface area (Å²) >= 11 is 5.91.